The Labute approximate surface area is 140 Å². The molecule has 124 valence electrons. The third kappa shape index (κ3) is 8.34. The van der Waals surface area contributed by atoms with Gasteiger partial charge in [-0.1, -0.05) is 35.5 Å². The van der Waals surface area contributed by atoms with Crippen LogP contribution in [0.3, 0.4) is 0 Å². The fourth-order valence-corrected chi connectivity index (χ4v) is 2.53. The summed E-state index contributed by atoms with van der Waals surface area (Å²) in [5.41, 5.74) is 7.19. The highest BCUT2D eigenvalue weighted by molar-refractivity contribution is 8.13. The molecule has 1 heterocycles. The maximum absolute atomic E-state index is 10.5. The van der Waals surface area contributed by atoms with Gasteiger partial charge in [0.2, 0.25) is 0 Å². The minimum atomic E-state index is -4.02. The van der Waals surface area contributed by atoms with Crippen molar-refractivity contribution in [2.75, 3.05) is 5.75 Å². The molecule has 0 atom stereocenters. The van der Waals surface area contributed by atoms with E-state index in [9.17, 15) is 8.42 Å². The first-order valence-corrected chi connectivity index (χ1v) is 9.12. The van der Waals surface area contributed by atoms with E-state index < -0.39 is 10.1 Å². The fraction of sp³-hybridized carbons (Fsp3) is 0.200. The fourth-order valence-electron chi connectivity index (χ4n) is 1.52. The van der Waals surface area contributed by atoms with Crippen molar-refractivity contribution >= 4 is 27.0 Å². The zero-order valence-electron chi connectivity index (χ0n) is 12.6. The smallest absolute Gasteiger partial charge is 0.294 e. The number of nitrogens with two attached hydrogens (primary N) is 1. The van der Waals surface area contributed by atoms with Crippen molar-refractivity contribution in [3.05, 3.63) is 59.9 Å². The molecule has 0 aliphatic rings. The molecule has 1 aromatic carbocycles. The van der Waals surface area contributed by atoms with Gasteiger partial charge in [0, 0.05) is 17.6 Å². The Kier molecular flexibility index (Phi) is 7.73. The molecule has 0 bridgehead atoms. The van der Waals surface area contributed by atoms with Crippen molar-refractivity contribution < 1.29 is 13.0 Å². The van der Waals surface area contributed by atoms with Gasteiger partial charge in [-0.05, 0) is 37.6 Å². The largest absolute Gasteiger partial charge is 0.379 e. The summed E-state index contributed by atoms with van der Waals surface area (Å²) in [5.74, 6) is 0.826. The summed E-state index contributed by atoms with van der Waals surface area (Å²) in [6.07, 6.45) is 2.64. The van der Waals surface area contributed by atoms with E-state index in [0.717, 1.165) is 23.4 Å². The van der Waals surface area contributed by atoms with E-state index in [0.29, 0.717) is 0 Å². The molecule has 0 radical (unpaired) electrons. The molecule has 0 saturated carbocycles. The highest BCUT2D eigenvalue weighted by atomic mass is 32.2. The third-order valence-corrected chi connectivity index (χ3v) is 4.25. The number of aromatic nitrogens is 1. The lowest BCUT2D eigenvalue weighted by Crippen LogP contribution is -2.05. The Morgan fingerprint density at radius 2 is 1.91 bits per heavy atom. The lowest BCUT2D eigenvalue weighted by molar-refractivity contribution is 0.483. The monoisotopic (exact) mass is 353 g/mol. The number of hydrogen-bond donors (Lipinski definition) is 3. The molecule has 23 heavy (non-hydrogen) atoms. The molecule has 8 heteroatoms. The van der Waals surface area contributed by atoms with Crippen LogP contribution in [0.2, 0.25) is 0 Å². The van der Waals surface area contributed by atoms with E-state index in [4.69, 9.17) is 15.7 Å². The summed E-state index contributed by atoms with van der Waals surface area (Å²) in [6.45, 7) is 1.84. The van der Waals surface area contributed by atoms with Crippen molar-refractivity contribution in [1.29, 1.82) is 5.41 Å². The first-order chi connectivity index (χ1) is 10.8. The predicted octanol–water partition coefficient (Wildman–Crippen LogP) is 2.49. The van der Waals surface area contributed by atoms with Crippen LogP contribution in [0.25, 0.3) is 0 Å². The zero-order chi connectivity index (χ0) is 17.3. The highest BCUT2D eigenvalue weighted by Gasteiger charge is 2.06. The summed E-state index contributed by atoms with van der Waals surface area (Å²) >= 11 is 1.35. The number of nitrogens with one attached hydrogen (secondary N) is 1. The molecule has 2 rings (SSSR count). The molecule has 0 amide bonds. The number of aryl methyl sites for hydroxylation is 2. The van der Waals surface area contributed by atoms with Crippen LogP contribution >= 0.6 is 11.8 Å². The second-order valence-corrected chi connectivity index (χ2v) is 7.13. The van der Waals surface area contributed by atoms with Crippen molar-refractivity contribution in [2.24, 2.45) is 5.73 Å². The SMILES string of the molecule is Cc1ccc(S(=O)(=O)O)cc1.N=C(N)SCCc1ccccn1. The van der Waals surface area contributed by atoms with E-state index in [2.05, 4.69) is 4.98 Å². The van der Waals surface area contributed by atoms with E-state index in [1.807, 2.05) is 25.1 Å². The minimum Gasteiger partial charge on any atom is -0.379 e. The van der Waals surface area contributed by atoms with Gasteiger partial charge in [-0.3, -0.25) is 14.9 Å². The molecule has 6 nitrogen and oxygen atoms in total. The van der Waals surface area contributed by atoms with Crippen LogP contribution in [-0.4, -0.2) is 28.9 Å². The molecule has 0 aliphatic heterocycles. The average molecular weight is 353 g/mol. The van der Waals surface area contributed by atoms with E-state index in [1.54, 1.807) is 18.3 Å². The van der Waals surface area contributed by atoms with E-state index in [1.165, 1.54) is 23.9 Å². The van der Waals surface area contributed by atoms with Gasteiger partial charge in [0.25, 0.3) is 10.1 Å². The zero-order valence-corrected chi connectivity index (χ0v) is 14.3. The van der Waals surface area contributed by atoms with Crippen molar-refractivity contribution in [1.82, 2.24) is 4.98 Å². The molecule has 0 saturated heterocycles. The number of rotatable bonds is 4. The maximum atomic E-state index is 10.5. The molecule has 1 aromatic heterocycles. The maximum Gasteiger partial charge on any atom is 0.294 e. The Bertz CT molecular complexity index is 717. The first kappa shape index (κ1) is 19.1. The van der Waals surface area contributed by atoms with Gasteiger partial charge in [-0.15, -0.1) is 0 Å². The van der Waals surface area contributed by atoms with Gasteiger partial charge in [-0.2, -0.15) is 8.42 Å². The first-order valence-electron chi connectivity index (χ1n) is 6.70. The number of amidine groups is 1. The normalized spacial score (nSPS) is 10.5. The van der Waals surface area contributed by atoms with Gasteiger partial charge in [0.15, 0.2) is 5.17 Å². The van der Waals surface area contributed by atoms with E-state index in [-0.39, 0.29) is 10.1 Å². The van der Waals surface area contributed by atoms with Crippen molar-refractivity contribution in [3.8, 4) is 0 Å². The second kappa shape index (κ2) is 9.29. The summed E-state index contributed by atoms with van der Waals surface area (Å²) < 4.78 is 29.6. The lowest BCUT2D eigenvalue weighted by atomic mass is 10.2. The molecule has 0 unspecified atom stereocenters. The Morgan fingerprint density at radius 1 is 1.26 bits per heavy atom. The third-order valence-electron chi connectivity index (χ3n) is 2.66. The quantitative estimate of drug-likeness (QED) is 0.442. The number of nitrogens with zero attached hydrogens (tertiary/aromatic N) is 1. The average Bonchev–Trinajstić information content (AvgIpc) is 2.48. The summed E-state index contributed by atoms with van der Waals surface area (Å²) in [7, 11) is -4.02. The van der Waals surface area contributed by atoms with Gasteiger partial charge in [0.05, 0.1) is 4.90 Å². The number of pyridine rings is 1. The van der Waals surface area contributed by atoms with Gasteiger partial charge >= 0.3 is 0 Å². The van der Waals surface area contributed by atoms with Crippen LogP contribution in [-0.2, 0) is 16.5 Å². The van der Waals surface area contributed by atoms with Crippen LogP contribution in [0.1, 0.15) is 11.3 Å². The summed E-state index contributed by atoms with van der Waals surface area (Å²) in [5, 5.41) is 7.15. The lowest BCUT2D eigenvalue weighted by Gasteiger charge is -1.98. The molecule has 4 N–H and O–H groups in total. The van der Waals surface area contributed by atoms with E-state index >= 15 is 0 Å². The van der Waals surface area contributed by atoms with Crippen LogP contribution in [0.5, 0.6) is 0 Å². The van der Waals surface area contributed by atoms with Crippen LogP contribution < -0.4 is 5.73 Å². The number of thioether (sulfide) groups is 1. The number of benzene rings is 1. The minimum absolute atomic E-state index is 0.0666. The topological polar surface area (TPSA) is 117 Å². The summed E-state index contributed by atoms with van der Waals surface area (Å²) in [6, 6.07) is 11.8. The molecule has 0 fully saturated rings. The molecule has 0 aliphatic carbocycles. The standard InChI is InChI=1S/C8H11N3S.C7H8O3S/c9-8(10)12-6-4-7-3-1-2-5-11-7;1-6-2-4-7(5-3-6)11(8,9)10/h1-3,5H,4,6H2,(H3,9,10);2-5H,1H3,(H,8,9,10). The predicted molar refractivity (Wildman–Crippen MR) is 93.3 cm³/mol. The van der Waals surface area contributed by atoms with Gasteiger partial charge in [-0.25, -0.2) is 0 Å². The molecule has 0 spiro atoms. The molecular formula is C15H19N3O3S2. The molecule has 2 aromatic rings. The van der Waals surface area contributed by atoms with Crippen molar-refractivity contribution in [3.63, 3.8) is 0 Å². The Balaban J connectivity index is 0.000000231. The second-order valence-electron chi connectivity index (χ2n) is 4.57. The van der Waals surface area contributed by atoms with Crippen molar-refractivity contribution in [2.45, 2.75) is 18.2 Å². The van der Waals surface area contributed by atoms with Crippen LogP contribution in [0, 0.1) is 12.3 Å². The van der Waals surface area contributed by atoms with Crippen LogP contribution in [0.15, 0.2) is 53.6 Å². The highest BCUT2D eigenvalue weighted by Crippen LogP contribution is 2.08. The van der Waals surface area contributed by atoms with Gasteiger partial charge < -0.3 is 5.73 Å². The Hall–Kier alpha value is -1.90. The van der Waals surface area contributed by atoms with Gasteiger partial charge in [0.1, 0.15) is 0 Å². The summed E-state index contributed by atoms with van der Waals surface area (Å²) in [4.78, 5) is 4.08. The number of hydrogen-bond acceptors (Lipinski definition) is 5. The molecular weight excluding hydrogens is 334 g/mol. The Morgan fingerprint density at radius 3 is 2.39 bits per heavy atom. The van der Waals surface area contributed by atoms with Crippen LogP contribution in [0.4, 0.5) is 0 Å².